The van der Waals surface area contributed by atoms with Gasteiger partial charge in [-0.3, -0.25) is 28.6 Å². The van der Waals surface area contributed by atoms with E-state index in [0.29, 0.717) is 5.57 Å². The predicted octanol–water partition coefficient (Wildman–Crippen LogP) is 2.17. The normalized spacial score (nSPS) is 18.7. The van der Waals surface area contributed by atoms with E-state index in [1.54, 1.807) is 5.38 Å². The van der Waals surface area contributed by atoms with Gasteiger partial charge < -0.3 is 20.6 Å². The summed E-state index contributed by atoms with van der Waals surface area (Å²) in [6.45, 7) is 0. The number of hydrogen-bond donors (Lipinski definition) is 3. The molecular formula is C33H30N8O7S3. The number of carbonyl (C=O) groups excluding carboxylic acids is 3. The topological polar surface area (TPSA) is 204 Å². The van der Waals surface area contributed by atoms with Gasteiger partial charge in [0, 0.05) is 23.9 Å². The lowest BCUT2D eigenvalue weighted by Gasteiger charge is -2.49. The molecule has 3 aliphatic rings. The van der Waals surface area contributed by atoms with Gasteiger partial charge in [-0.25, -0.2) is 14.9 Å². The van der Waals surface area contributed by atoms with E-state index in [0.717, 1.165) is 51.6 Å². The molecule has 1 saturated heterocycles. The highest BCUT2D eigenvalue weighted by atomic mass is 32.2. The molecule has 0 spiro atoms. The summed E-state index contributed by atoms with van der Waals surface area (Å²) in [5.74, 6) is -1.52. The van der Waals surface area contributed by atoms with Crippen LogP contribution in [0, 0.1) is 0 Å². The standard InChI is InChI=1S/C33H30N8O7S3/c1-40-29(45)27(43)37-38-33(40)51-15-19-14-49-30-23(36-26(42)22(39-48-20-12-13-20)21-16-50-32(34)35-21)28(44)41(30)24(19)31(46)47-25(17-8-4-2-5-9-17)18-10-6-3-7-11-18/h2-11,16,20,23,25,30H,12-15H2,1H3,(H2,34,35)(H,36,42)(H,37,43)/t23-,30-/m1/s1. The van der Waals surface area contributed by atoms with E-state index in [1.165, 1.54) is 23.7 Å². The molecule has 2 aromatic carbocycles. The quantitative estimate of drug-likeness (QED) is 0.0477. The van der Waals surface area contributed by atoms with Crippen LogP contribution in [0.2, 0.25) is 0 Å². The van der Waals surface area contributed by atoms with Crippen LogP contribution >= 0.6 is 34.9 Å². The number of anilines is 1. The van der Waals surface area contributed by atoms with Crippen LogP contribution in [0.3, 0.4) is 0 Å². The second-order valence-corrected chi connectivity index (χ2v) is 14.7. The first kappa shape index (κ1) is 34.3. The minimum atomic E-state index is -0.998. The fraction of sp³-hybridized carbons (Fsp3) is 0.273. The van der Waals surface area contributed by atoms with Crippen LogP contribution < -0.4 is 22.2 Å². The van der Waals surface area contributed by atoms with Gasteiger partial charge in [-0.1, -0.05) is 77.6 Å². The van der Waals surface area contributed by atoms with E-state index in [4.69, 9.17) is 15.3 Å². The van der Waals surface area contributed by atoms with Gasteiger partial charge in [-0.15, -0.1) is 28.2 Å². The van der Waals surface area contributed by atoms with E-state index in [9.17, 15) is 24.0 Å². The number of aromatic amines is 1. The highest BCUT2D eigenvalue weighted by Crippen LogP contribution is 2.43. The van der Waals surface area contributed by atoms with Gasteiger partial charge in [0.2, 0.25) is 0 Å². The van der Waals surface area contributed by atoms with Crippen molar-refractivity contribution in [3.05, 3.63) is 115 Å². The molecule has 262 valence electrons. The molecule has 2 aromatic heterocycles. The summed E-state index contributed by atoms with van der Waals surface area (Å²) < 4.78 is 7.32. The maximum atomic E-state index is 14.3. The molecule has 0 unspecified atom stereocenters. The number of rotatable bonds is 12. The molecule has 4 N–H and O–H groups in total. The third kappa shape index (κ3) is 7.19. The number of amides is 2. The number of fused-ring (bicyclic) bond motifs is 1. The summed E-state index contributed by atoms with van der Waals surface area (Å²) >= 11 is 3.61. The molecule has 15 nitrogen and oxygen atoms in total. The SMILES string of the molecule is Cn1c(SCC2=C(C(=O)OC(c3ccccc3)c3ccccc3)N3C(=O)[C@@H](NC(=O)C(=NOC4CC4)c4csc(N)n4)[C@H]3SC2)n[nH]c(=O)c1=O. The van der Waals surface area contributed by atoms with E-state index >= 15 is 0 Å². The van der Waals surface area contributed by atoms with Gasteiger partial charge in [0.15, 0.2) is 22.1 Å². The van der Waals surface area contributed by atoms with Crippen LogP contribution in [0.15, 0.2) is 97.2 Å². The molecule has 4 heterocycles. The first-order valence-electron chi connectivity index (χ1n) is 15.7. The van der Waals surface area contributed by atoms with E-state index < -0.39 is 46.4 Å². The number of nitrogens with zero attached hydrogens (tertiary/aromatic N) is 5. The molecule has 1 aliphatic carbocycles. The number of oxime groups is 1. The van der Waals surface area contributed by atoms with Crippen LogP contribution in [-0.4, -0.2) is 77.2 Å². The zero-order chi connectivity index (χ0) is 35.6. The minimum Gasteiger partial charge on any atom is -0.448 e. The number of thiazole rings is 1. The Balaban J connectivity index is 1.18. The smallest absolute Gasteiger partial charge is 0.356 e. The summed E-state index contributed by atoms with van der Waals surface area (Å²) in [7, 11) is 1.42. The number of nitrogens with one attached hydrogen (secondary N) is 2. The van der Waals surface area contributed by atoms with Crippen molar-refractivity contribution in [2.24, 2.45) is 12.2 Å². The molecule has 0 radical (unpaired) electrons. The molecule has 2 aliphatic heterocycles. The number of benzene rings is 2. The Hall–Kier alpha value is -5.20. The lowest BCUT2D eigenvalue weighted by molar-refractivity contribution is -0.154. The largest absolute Gasteiger partial charge is 0.448 e. The van der Waals surface area contributed by atoms with E-state index in [-0.39, 0.29) is 45.0 Å². The Morgan fingerprint density at radius 1 is 1.10 bits per heavy atom. The molecule has 2 fully saturated rings. The Labute approximate surface area is 302 Å². The lowest BCUT2D eigenvalue weighted by atomic mass is 10.0. The average molecular weight is 747 g/mol. The first-order valence-corrected chi connectivity index (χ1v) is 18.6. The Kier molecular flexibility index (Phi) is 9.79. The number of β-lactam (4-membered cyclic amide) rings is 1. The number of H-pyrrole nitrogens is 1. The summed E-state index contributed by atoms with van der Waals surface area (Å²) in [5.41, 5.74) is 6.31. The molecular weight excluding hydrogens is 717 g/mol. The van der Waals surface area contributed by atoms with Crippen molar-refractivity contribution in [1.82, 2.24) is 30.0 Å². The molecule has 18 heteroatoms. The number of nitrogen functional groups attached to an aromatic ring is 1. The van der Waals surface area contributed by atoms with Crippen molar-refractivity contribution >= 4 is 63.5 Å². The summed E-state index contributed by atoms with van der Waals surface area (Å²) in [6, 6.07) is 17.5. The fourth-order valence-corrected chi connectivity index (χ4v) is 8.33. The maximum Gasteiger partial charge on any atom is 0.356 e. The van der Waals surface area contributed by atoms with Crippen LogP contribution in [-0.2, 0) is 31.0 Å². The number of hydrogen-bond acceptors (Lipinski definition) is 14. The highest BCUT2D eigenvalue weighted by Gasteiger charge is 2.55. The first-order chi connectivity index (χ1) is 24.7. The number of ether oxygens (including phenoxy) is 1. The third-order valence-corrected chi connectivity index (χ3v) is 11.3. The van der Waals surface area contributed by atoms with E-state index in [1.807, 2.05) is 60.7 Å². The molecule has 2 atom stereocenters. The number of thioether (sulfide) groups is 2. The Bertz CT molecular complexity index is 2130. The second kappa shape index (κ2) is 14.6. The van der Waals surface area contributed by atoms with Gasteiger partial charge in [0.25, 0.3) is 11.8 Å². The maximum absolute atomic E-state index is 14.3. The molecule has 0 bridgehead atoms. The second-order valence-electron chi connectivity index (χ2n) is 11.7. The molecule has 51 heavy (non-hydrogen) atoms. The molecule has 2 amide bonds. The van der Waals surface area contributed by atoms with Crippen LogP contribution in [0.4, 0.5) is 5.13 Å². The summed E-state index contributed by atoms with van der Waals surface area (Å²) in [5, 5.41) is 14.4. The highest BCUT2D eigenvalue weighted by molar-refractivity contribution is 8.01. The van der Waals surface area contributed by atoms with Crippen LogP contribution in [0.5, 0.6) is 0 Å². The molecule has 4 aromatic rings. The van der Waals surface area contributed by atoms with Crippen molar-refractivity contribution in [2.45, 2.75) is 41.6 Å². The van der Waals surface area contributed by atoms with Crippen molar-refractivity contribution < 1.29 is 24.0 Å². The number of carbonyl (C=O) groups is 3. The van der Waals surface area contributed by atoms with Crippen LogP contribution in [0.25, 0.3) is 0 Å². The van der Waals surface area contributed by atoms with Crippen molar-refractivity contribution in [3.63, 3.8) is 0 Å². The van der Waals surface area contributed by atoms with Gasteiger partial charge in [0.1, 0.15) is 28.9 Å². The average Bonchev–Trinajstić information content (AvgIpc) is 3.89. The van der Waals surface area contributed by atoms with Gasteiger partial charge >= 0.3 is 17.1 Å². The zero-order valence-corrected chi connectivity index (χ0v) is 29.3. The Morgan fingerprint density at radius 3 is 2.41 bits per heavy atom. The van der Waals surface area contributed by atoms with Crippen LogP contribution in [0.1, 0.15) is 35.8 Å². The fourth-order valence-electron chi connectivity index (χ4n) is 5.38. The molecule has 7 rings (SSSR count). The predicted molar refractivity (Wildman–Crippen MR) is 191 cm³/mol. The summed E-state index contributed by atoms with van der Waals surface area (Å²) in [4.78, 5) is 76.8. The van der Waals surface area contributed by atoms with Gasteiger partial charge in [-0.05, 0) is 29.5 Å². The zero-order valence-electron chi connectivity index (χ0n) is 26.9. The van der Waals surface area contributed by atoms with Crippen molar-refractivity contribution in [2.75, 3.05) is 17.2 Å². The van der Waals surface area contributed by atoms with Gasteiger partial charge in [0.05, 0.1) is 0 Å². The van der Waals surface area contributed by atoms with Gasteiger partial charge in [-0.2, -0.15) is 0 Å². The molecule has 1 saturated carbocycles. The Morgan fingerprint density at radius 2 is 1.78 bits per heavy atom. The van der Waals surface area contributed by atoms with E-state index in [2.05, 4.69) is 25.7 Å². The number of esters is 1. The number of aromatic nitrogens is 4. The van der Waals surface area contributed by atoms with Crippen molar-refractivity contribution in [1.29, 1.82) is 0 Å². The lowest BCUT2D eigenvalue weighted by Crippen LogP contribution is -2.71. The number of nitrogens with two attached hydrogens (primary N) is 1. The third-order valence-electron chi connectivity index (χ3n) is 8.17. The minimum absolute atomic E-state index is 0.0336. The summed E-state index contributed by atoms with van der Waals surface area (Å²) in [6.07, 6.45) is 0.765. The monoisotopic (exact) mass is 746 g/mol. The van der Waals surface area contributed by atoms with Crippen molar-refractivity contribution in [3.8, 4) is 0 Å².